The highest BCUT2D eigenvalue weighted by Gasteiger charge is 2.31. The zero-order chi connectivity index (χ0) is 11.4. The molecule has 3 N–H and O–H groups in total. The molecule has 0 heterocycles. The number of hydrogen-bond donors (Lipinski definition) is 3. The highest BCUT2D eigenvalue weighted by molar-refractivity contribution is 5.80. The van der Waals surface area contributed by atoms with E-state index >= 15 is 0 Å². The summed E-state index contributed by atoms with van der Waals surface area (Å²) in [6.07, 6.45) is 6.57. The van der Waals surface area contributed by atoms with Gasteiger partial charge in [0.2, 0.25) is 0 Å². The zero-order valence-electron chi connectivity index (χ0n) is 10.1. The van der Waals surface area contributed by atoms with Gasteiger partial charge in [0.25, 0.3) is 0 Å². The second-order valence-electron chi connectivity index (χ2n) is 5.05. The van der Waals surface area contributed by atoms with Crippen molar-refractivity contribution >= 4 is 5.96 Å². The normalized spacial score (nSPS) is 24.5. The van der Waals surface area contributed by atoms with E-state index in [1.807, 2.05) is 0 Å². The smallest absolute Gasteiger partial charge is 0.191 e. The Balaban J connectivity index is 1.84. The van der Waals surface area contributed by atoms with Gasteiger partial charge < -0.3 is 15.7 Å². The maximum absolute atomic E-state index is 10.2. The molecule has 2 saturated carbocycles. The van der Waals surface area contributed by atoms with E-state index in [0.29, 0.717) is 12.6 Å². The van der Waals surface area contributed by atoms with E-state index in [2.05, 4.69) is 22.5 Å². The first-order valence-corrected chi connectivity index (χ1v) is 6.49. The lowest BCUT2D eigenvalue weighted by atomic mass is 10.0. The Morgan fingerprint density at radius 3 is 2.62 bits per heavy atom. The predicted octanol–water partition coefficient (Wildman–Crippen LogP) is 1.01. The van der Waals surface area contributed by atoms with Gasteiger partial charge in [0, 0.05) is 12.6 Å². The number of nitrogens with one attached hydrogen (secondary N) is 2. The lowest BCUT2D eigenvalue weighted by Crippen LogP contribution is -2.40. The molecule has 0 aliphatic heterocycles. The number of guanidine groups is 1. The second kappa shape index (κ2) is 5.04. The van der Waals surface area contributed by atoms with Crippen LogP contribution in [-0.2, 0) is 0 Å². The minimum Gasteiger partial charge on any atom is -0.388 e. The topological polar surface area (TPSA) is 56.7 Å². The van der Waals surface area contributed by atoms with E-state index in [1.54, 1.807) is 0 Å². The minimum absolute atomic E-state index is 0.536. The molecule has 4 nitrogen and oxygen atoms in total. The first-order chi connectivity index (χ1) is 7.72. The van der Waals surface area contributed by atoms with Gasteiger partial charge in [0.15, 0.2) is 5.96 Å². The third-order valence-electron chi connectivity index (χ3n) is 3.33. The summed E-state index contributed by atoms with van der Waals surface area (Å²) in [5.41, 5.74) is -0.536. The summed E-state index contributed by atoms with van der Waals surface area (Å²) >= 11 is 0. The van der Waals surface area contributed by atoms with Gasteiger partial charge in [-0.05, 0) is 32.6 Å². The Labute approximate surface area is 97.5 Å². The van der Waals surface area contributed by atoms with Crippen molar-refractivity contribution in [1.82, 2.24) is 10.6 Å². The van der Waals surface area contributed by atoms with Crippen LogP contribution in [0.3, 0.4) is 0 Å². The van der Waals surface area contributed by atoms with Crippen molar-refractivity contribution in [2.45, 2.75) is 57.1 Å². The van der Waals surface area contributed by atoms with E-state index in [0.717, 1.165) is 38.2 Å². The van der Waals surface area contributed by atoms with Gasteiger partial charge in [-0.15, -0.1) is 0 Å². The Hall–Kier alpha value is -0.770. The van der Waals surface area contributed by atoms with Gasteiger partial charge in [-0.2, -0.15) is 0 Å². The number of rotatable bonds is 4. The van der Waals surface area contributed by atoms with Crippen molar-refractivity contribution < 1.29 is 5.11 Å². The SMILES string of the molecule is CCNC(=NCC1(O)CCCC1)NC1CC1. The number of hydrogen-bond acceptors (Lipinski definition) is 2. The Morgan fingerprint density at radius 2 is 2.06 bits per heavy atom. The van der Waals surface area contributed by atoms with Gasteiger partial charge in [-0.1, -0.05) is 12.8 Å². The van der Waals surface area contributed by atoms with E-state index in [1.165, 1.54) is 12.8 Å². The van der Waals surface area contributed by atoms with Crippen molar-refractivity contribution in [2.24, 2.45) is 4.99 Å². The summed E-state index contributed by atoms with van der Waals surface area (Å²) in [6, 6.07) is 0.607. The molecular formula is C12H23N3O. The summed E-state index contributed by atoms with van der Waals surface area (Å²) in [6.45, 7) is 3.47. The van der Waals surface area contributed by atoms with E-state index in [4.69, 9.17) is 0 Å². The second-order valence-corrected chi connectivity index (χ2v) is 5.05. The molecule has 16 heavy (non-hydrogen) atoms. The first-order valence-electron chi connectivity index (χ1n) is 6.49. The quantitative estimate of drug-likeness (QED) is 0.494. The number of aliphatic hydroxyl groups is 1. The van der Waals surface area contributed by atoms with E-state index < -0.39 is 5.60 Å². The van der Waals surface area contributed by atoms with E-state index in [9.17, 15) is 5.11 Å². The van der Waals surface area contributed by atoms with Gasteiger partial charge in [-0.25, -0.2) is 0 Å². The molecule has 0 atom stereocenters. The van der Waals surface area contributed by atoms with Gasteiger partial charge in [0.05, 0.1) is 12.1 Å². The Bertz CT molecular complexity index is 255. The molecule has 2 aliphatic carbocycles. The molecule has 0 unspecified atom stereocenters. The number of aliphatic imine (C=N–C) groups is 1. The van der Waals surface area contributed by atoms with Crippen LogP contribution in [0.25, 0.3) is 0 Å². The molecular weight excluding hydrogens is 202 g/mol. The summed E-state index contributed by atoms with van der Waals surface area (Å²) in [5, 5.41) is 16.8. The molecule has 2 aliphatic rings. The average molecular weight is 225 g/mol. The molecule has 0 amide bonds. The van der Waals surface area contributed by atoms with Crippen LogP contribution in [0.2, 0.25) is 0 Å². The highest BCUT2D eigenvalue weighted by Crippen LogP contribution is 2.29. The van der Waals surface area contributed by atoms with Gasteiger partial charge in [-0.3, -0.25) is 4.99 Å². The summed E-state index contributed by atoms with van der Waals surface area (Å²) < 4.78 is 0. The highest BCUT2D eigenvalue weighted by atomic mass is 16.3. The van der Waals surface area contributed by atoms with Gasteiger partial charge >= 0.3 is 0 Å². The minimum atomic E-state index is -0.536. The standard InChI is InChI=1S/C12H23N3O/c1-2-13-11(15-10-5-6-10)14-9-12(16)7-3-4-8-12/h10,16H,2-9H2,1H3,(H2,13,14,15). The van der Waals surface area contributed by atoms with Crippen LogP contribution in [0.5, 0.6) is 0 Å². The molecule has 0 aromatic heterocycles. The molecule has 0 aromatic carbocycles. The van der Waals surface area contributed by atoms with Crippen LogP contribution < -0.4 is 10.6 Å². The molecule has 0 bridgehead atoms. The van der Waals surface area contributed by atoms with Crippen molar-refractivity contribution in [3.63, 3.8) is 0 Å². The largest absolute Gasteiger partial charge is 0.388 e. The fourth-order valence-electron chi connectivity index (χ4n) is 2.16. The molecule has 0 aromatic rings. The molecule has 92 valence electrons. The van der Waals surface area contributed by atoms with Crippen molar-refractivity contribution in [2.75, 3.05) is 13.1 Å². The third kappa shape index (κ3) is 3.37. The average Bonchev–Trinajstić information content (AvgIpc) is 2.97. The van der Waals surface area contributed by atoms with Crippen LogP contribution in [0, 0.1) is 0 Å². The molecule has 0 saturated heterocycles. The molecule has 2 rings (SSSR count). The fraction of sp³-hybridized carbons (Fsp3) is 0.917. The lowest BCUT2D eigenvalue weighted by Gasteiger charge is -2.20. The first kappa shape index (κ1) is 11.7. The Kier molecular flexibility index (Phi) is 3.69. The maximum atomic E-state index is 10.2. The fourth-order valence-corrected chi connectivity index (χ4v) is 2.16. The summed E-state index contributed by atoms with van der Waals surface area (Å²) in [4.78, 5) is 4.49. The van der Waals surface area contributed by atoms with E-state index in [-0.39, 0.29) is 0 Å². The van der Waals surface area contributed by atoms with Crippen LogP contribution in [0.4, 0.5) is 0 Å². The zero-order valence-corrected chi connectivity index (χ0v) is 10.1. The molecule has 0 spiro atoms. The van der Waals surface area contributed by atoms with Crippen molar-refractivity contribution in [3.05, 3.63) is 0 Å². The van der Waals surface area contributed by atoms with Crippen LogP contribution in [0.15, 0.2) is 4.99 Å². The Morgan fingerprint density at radius 1 is 1.38 bits per heavy atom. The number of nitrogens with zero attached hydrogens (tertiary/aromatic N) is 1. The molecule has 2 fully saturated rings. The maximum Gasteiger partial charge on any atom is 0.191 e. The third-order valence-corrected chi connectivity index (χ3v) is 3.33. The molecule has 0 radical (unpaired) electrons. The lowest BCUT2D eigenvalue weighted by molar-refractivity contribution is 0.0574. The van der Waals surface area contributed by atoms with Crippen molar-refractivity contribution in [1.29, 1.82) is 0 Å². The van der Waals surface area contributed by atoms with Gasteiger partial charge in [0.1, 0.15) is 0 Å². The summed E-state index contributed by atoms with van der Waals surface area (Å²) in [7, 11) is 0. The van der Waals surface area contributed by atoms with Crippen molar-refractivity contribution in [3.8, 4) is 0 Å². The predicted molar refractivity (Wildman–Crippen MR) is 65.6 cm³/mol. The van der Waals surface area contributed by atoms with Crippen LogP contribution in [-0.4, -0.2) is 35.8 Å². The van der Waals surface area contributed by atoms with Crippen LogP contribution >= 0.6 is 0 Å². The monoisotopic (exact) mass is 225 g/mol. The van der Waals surface area contributed by atoms with Crippen LogP contribution in [0.1, 0.15) is 45.4 Å². The molecule has 4 heteroatoms. The summed E-state index contributed by atoms with van der Waals surface area (Å²) in [5.74, 6) is 0.866.